The molecule has 1 unspecified atom stereocenters. The molecular weight excluding hydrogens is 362 g/mol. The van der Waals surface area contributed by atoms with Gasteiger partial charge in [0.25, 0.3) is 11.8 Å². The van der Waals surface area contributed by atoms with E-state index in [9.17, 15) is 14.4 Å². The Hall–Kier alpha value is -3.75. The highest BCUT2D eigenvalue weighted by molar-refractivity contribution is 5.97. The first kappa shape index (κ1) is 19.0. The van der Waals surface area contributed by atoms with Crippen LogP contribution in [0.3, 0.4) is 0 Å². The van der Waals surface area contributed by atoms with Crippen molar-refractivity contribution in [2.75, 3.05) is 0 Å². The van der Waals surface area contributed by atoms with Crippen molar-refractivity contribution >= 4 is 28.8 Å². The van der Waals surface area contributed by atoms with Crippen molar-refractivity contribution in [1.29, 1.82) is 0 Å². The van der Waals surface area contributed by atoms with Crippen LogP contribution in [0.2, 0.25) is 0 Å². The van der Waals surface area contributed by atoms with Gasteiger partial charge < -0.3 is 4.74 Å². The number of nitrogens with zero attached hydrogens (tertiary/aromatic N) is 3. The molecule has 3 aromatic rings. The van der Waals surface area contributed by atoms with Gasteiger partial charge in [-0.15, -0.1) is 5.10 Å². The summed E-state index contributed by atoms with van der Waals surface area (Å²) >= 11 is 0. The molecule has 9 heteroatoms. The smallest absolute Gasteiger partial charge is 0.338 e. The highest BCUT2D eigenvalue weighted by Gasteiger charge is 2.20. The second-order valence-corrected chi connectivity index (χ2v) is 5.97. The molecule has 2 N–H and O–H groups in total. The van der Waals surface area contributed by atoms with Gasteiger partial charge in [0.05, 0.1) is 11.1 Å². The summed E-state index contributed by atoms with van der Waals surface area (Å²) in [7, 11) is 0. The van der Waals surface area contributed by atoms with Gasteiger partial charge in [-0.3, -0.25) is 20.4 Å². The third-order valence-corrected chi connectivity index (χ3v) is 4.04. The third-order valence-electron chi connectivity index (χ3n) is 4.04. The Morgan fingerprint density at radius 3 is 2.54 bits per heavy atom. The second-order valence-electron chi connectivity index (χ2n) is 5.97. The maximum Gasteiger partial charge on any atom is 0.338 e. The molecule has 9 nitrogen and oxygen atoms in total. The maximum atomic E-state index is 12.3. The lowest BCUT2D eigenvalue weighted by molar-refractivity contribution is -0.129. The van der Waals surface area contributed by atoms with Gasteiger partial charge in [0.15, 0.2) is 6.10 Å². The largest absolute Gasteiger partial charge is 0.449 e. The van der Waals surface area contributed by atoms with Crippen molar-refractivity contribution in [3.63, 3.8) is 0 Å². The summed E-state index contributed by atoms with van der Waals surface area (Å²) in [5.41, 5.74) is 6.51. The maximum absolute atomic E-state index is 12.3. The predicted octanol–water partition coefficient (Wildman–Crippen LogP) is 1.46. The highest BCUT2D eigenvalue weighted by Crippen LogP contribution is 2.14. The van der Waals surface area contributed by atoms with Gasteiger partial charge in [-0.1, -0.05) is 23.4 Å². The number of hydrogen-bond donors (Lipinski definition) is 2. The highest BCUT2D eigenvalue weighted by atomic mass is 16.5. The number of aromatic nitrogens is 3. The number of hydrazine groups is 1. The van der Waals surface area contributed by atoms with Crippen LogP contribution in [0.15, 0.2) is 48.5 Å². The van der Waals surface area contributed by atoms with Crippen LogP contribution in [0.1, 0.15) is 34.6 Å². The Balaban J connectivity index is 1.57. The van der Waals surface area contributed by atoms with Crippen molar-refractivity contribution in [2.45, 2.75) is 26.5 Å². The quantitative estimate of drug-likeness (QED) is 0.511. The van der Waals surface area contributed by atoms with Gasteiger partial charge in [-0.05, 0) is 44.2 Å². The average molecular weight is 381 g/mol. The molecule has 0 fully saturated rings. The molecule has 1 heterocycles. The van der Waals surface area contributed by atoms with E-state index < -0.39 is 23.9 Å². The Labute approximate surface area is 160 Å². The average Bonchev–Trinajstić information content (AvgIpc) is 3.14. The Bertz CT molecular complexity index is 1020. The van der Waals surface area contributed by atoms with Gasteiger partial charge in [0.1, 0.15) is 5.52 Å². The van der Waals surface area contributed by atoms with Crippen LogP contribution >= 0.6 is 0 Å². The van der Waals surface area contributed by atoms with Gasteiger partial charge >= 0.3 is 5.97 Å². The molecule has 0 saturated heterocycles. The van der Waals surface area contributed by atoms with E-state index in [1.165, 1.54) is 6.92 Å². The molecule has 0 aliphatic carbocycles. The minimum absolute atomic E-state index is 0.253. The van der Waals surface area contributed by atoms with E-state index in [2.05, 4.69) is 21.2 Å². The molecular formula is C19H19N5O4. The van der Waals surface area contributed by atoms with Crippen LogP contribution in [0, 0.1) is 0 Å². The summed E-state index contributed by atoms with van der Waals surface area (Å²) in [6.07, 6.45) is -1.11. The number of ether oxygens (including phenoxy) is 1. The van der Waals surface area contributed by atoms with Crippen molar-refractivity contribution in [2.24, 2.45) is 0 Å². The molecule has 144 valence electrons. The first-order valence-corrected chi connectivity index (χ1v) is 8.69. The van der Waals surface area contributed by atoms with Crippen LogP contribution in [-0.4, -0.2) is 38.9 Å². The number of hydrogen-bond acceptors (Lipinski definition) is 6. The fourth-order valence-electron chi connectivity index (χ4n) is 2.50. The number of rotatable bonds is 5. The first-order chi connectivity index (χ1) is 13.5. The molecule has 0 bridgehead atoms. The van der Waals surface area contributed by atoms with Crippen LogP contribution in [0.5, 0.6) is 0 Å². The molecule has 1 atom stereocenters. The zero-order chi connectivity index (χ0) is 20.1. The third kappa shape index (κ3) is 4.14. The van der Waals surface area contributed by atoms with Crippen molar-refractivity contribution < 1.29 is 19.1 Å². The molecule has 2 aromatic carbocycles. The van der Waals surface area contributed by atoms with Gasteiger partial charge in [-0.2, -0.15) is 0 Å². The lowest BCUT2D eigenvalue weighted by atomic mass is 10.2. The molecule has 0 radical (unpaired) electrons. The van der Waals surface area contributed by atoms with E-state index in [-0.39, 0.29) is 5.56 Å². The summed E-state index contributed by atoms with van der Waals surface area (Å²) in [6, 6.07) is 13.3. The predicted molar refractivity (Wildman–Crippen MR) is 100 cm³/mol. The van der Waals surface area contributed by atoms with Crippen molar-refractivity contribution in [3.8, 4) is 0 Å². The molecule has 0 saturated carbocycles. The summed E-state index contributed by atoms with van der Waals surface area (Å²) in [5.74, 6) is -1.81. The summed E-state index contributed by atoms with van der Waals surface area (Å²) in [4.78, 5) is 36.3. The Kier molecular flexibility index (Phi) is 5.64. The number of aryl methyl sites for hydroxylation is 1. The molecule has 28 heavy (non-hydrogen) atoms. The van der Waals surface area contributed by atoms with E-state index in [1.807, 2.05) is 6.92 Å². The lowest BCUT2D eigenvalue weighted by Gasteiger charge is -2.14. The zero-order valence-corrected chi connectivity index (χ0v) is 15.4. The normalized spacial score (nSPS) is 11.6. The number of esters is 1. The summed E-state index contributed by atoms with van der Waals surface area (Å²) < 4.78 is 6.87. The van der Waals surface area contributed by atoms with E-state index in [4.69, 9.17) is 4.74 Å². The van der Waals surface area contributed by atoms with Crippen LogP contribution in [0.4, 0.5) is 0 Å². The standard InChI is InChI=1S/C19H19N5O4/c1-3-24-16-10-9-14(11-15(16)20-23-24)19(27)28-12(2)17(25)21-22-18(26)13-7-5-4-6-8-13/h4-12H,3H2,1-2H3,(H,21,25)(H,22,26). The minimum atomic E-state index is -1.11. The van der Waals surface area contributed by atoms with Gasteiger partial charge in [0.2, 0.25) is 0 Å². The van der Waals surface area contributed by atoms with Crippen molar-refractivity contribution in [1.82, 2.24) is 25.8 Å². The summed E-state index contributed by atoms with van der Waals surface area (Å²) in [5, 5.41) is 7.98. The molecule has 0 aliphatic heterocycles. The van der Waals surface area contributed by atoms with Crippen LogP contribution in [-0.2, 0) is 16.1 Å². The number of benzene rings is 2. The molecule has 3 rings (SSSR count). The monoisotopic (exact) mass is 381 g/mol. The van der Waals surface area contributed by atoms with Crippen LogP contribution in [0.25, 0.3) is 11.0 Å². The molecule has 1 aromatic heterocycles. The molecule has 2 amide bonds. The van der Waals surface area contributed by atoms with E-state index in [0.717, 1.165) is 5.52 Å². The Morgan fingerprint density at radius 2 is 1.82 bits per heavy atom. The molecule has 0 aliphatic rings. The van der Waals surface area contributed by atoms with Crippen molar-refractivity contribution in [3.05, 3.63) is 59.7 Å². The van der Waals surface area contributed by atoms with Gasteiger partial charge in [0, 0.05) is 12.1 Å². The lowest BCUT2D eigenvalue weighted by Crippen LogP contribution is -2.46. The van der Waals surface area contributed by atoms with E-state index >= 15 is 0 Å². The number of carbonyl (C=O) groups is 3. The number of fused-ring (bicyclic) bond motifs is 1. The fraction of sp³-hybridized carbons (Fsp3) is 0.211. The number of amides is 2. The number of nitrogens with one attached hydrogen (secondary N) is 2. The Morgan fingerprint density at radius 1 is 1.07 bits per heavy atom. The van der Waals surface area contributed by atoms with Gasteiger partial charge in [-0.25, -0.2) is 9.48 Å². The first-order valence-electron chi connectivity index (χ1n) is 8.69. The number of carbonyl (C=O) groups excluding carboxylic acids is 3. The topological polar surface area (TPSA) is 115 Å². The SMILES string of the molecule is CCn1nnc2cc(C(=O)OC(C)C(=O)NNC(=O)c3ccccc3)ccc21. The molecule has 0 spiro atoms. The minimum Gasteiger partial charge on any atom is -0.449 e. The fourth-order valence-corrected chi connectivity index (χ4v) is 2.50. The van der Waals surface area contributed by atoms with E-state index in [1.54, 1.807) is 53.2 Å². The zero-order valence-electron chi connectivity index (χ0n) is 15.4. The van der Waals surface area contributed by atoms with E-state index in [0.29, 0.717) is 17.6 Å². The van der Waals surface area contributed by atoms with Crippen LogP contribution < -0.4 is 10.9 Å². The summed E-state index contributed by atoms with van der Waals surface area (Å²) in [6.45, 7) is 4.01. The second kappa shape index (κ2) is 8.30.